The van der Waals surface area contributed by atoms with Crippen LogP contribution in [0.1, 0.15) is 64.5 Å². The summed E-state index contributed by atoms with van der Waals surface area (Å²) in [7, 11) is 1.80. The third-order valence-corrected chi connectivity index (χ3v) is 4.89. The highest BCUT2D eigenvalue weighted by atomic mass is 16.5. The number of rotatable bonds is 5. The van der Waals surface area contributed by atoms with Gasteiger partial charge in [0, 0.05) is 25.4 Å². The third-order valence-electron chi connectivity index (χ3n) is 4.89. The highest BCUT2D eigenvalue weighted by molar-refractivity contribution is 5.16. The summed E-state index contributed by atoms with van der Waals surface area (Å²) in [6.45, 7) is 7.76. The van der Waals surface area contributed by atoms with Gasteiger partial charge in [0.2, 0.25) is 0 Å². The smallest absolute Gasteiger partial charge is 0.0871 e. The van der Waals surface area contributed by atoms with Crippen molar-refractivity contribution in [1.82, 2.24) is 9.78 Å². The molecule has 0 amide bonds. The average Bonchev–Trinajstić information content (AvgIpc) is 2.88. The van der Waals surface area contributed by atoms with E-state index in [4.69, 9.17) is 10.5 Å². The lowest BCUT2D eigenvalue weighted by Crippen LogP contribution is -2.47. The van der Waals surface area contributed by atoms with E-state index in [-0.39, 0.29) is 11.6 Å². The summed E-state index contributed by atoms with van der Waals surface area (Å²) >= 11 is 0. The molecule has 1 aliphatic carbocycles. The number of methoxy groups -OCH3 is 1. The fraction of sp³-hybridized carbons (Fsp3) is 0.812. The van der Waals surface area contributed by atoms with E-state index in [0.717, 1.165) is 44.2 Å². The lowest BCUT2D eigenvalue weighted by Gasteiger charge is -2.45. The first-order valence-electron chi connectivity index (χ1n) is 7.75. The minimum atomic E-state index is -0.227. The average molecular weight is 279 g/mol. The number of hydrogen-bond donors (Lipinski definition) is 1. The first-order valence-corrected chi connectivity index (χ1v) is 7.75. The molecule has 1 heterocycles. The van der Waals surface area contributed by atoms with Crippen LogP contribution in [0.3, 0.4) is 0 Å². The summed E-state index contributed by atoms with van der Waals surface area (Å²) in [4.78, 5) is 0. The molecule has 4 heteroatoms. The van der Waals surface area contributed by atoms with Crippen molar-refractivity contribution < 1.29 is 4.74 Å². The molecule has 1 unspecified atom stereocenters. The maximum absolute atomic E-state index is 6.53. The van der Waals surface area contributed by atoms with Crippen LogP contribution in [0, 0.1) is 5.41 Å². The molecule has 1 aliphatic rings. The van der Waals surface area contributed by atoms with Gasteiger partial charge >= 0.3 is 0 Å². The predicted molar refractivity (Wildman–Crippen MR) is 81.4 cm³/mol. The Morgan fingerprint density at radius 3 is 2.55 bits per heavy atom. The summed E-state index contributed by atoms with van der Waals surface area (Å²) in [5.74, 6) is 0. The molecule has 1 atom stereocenters. The van der Waals surface area contributed by atoms with Crippen LogP contribution in [0.15, 0.2) is 12.4 Å². The van der Waals surface area contributed by atoms with Crippen LogP contribution in [0.2, 0.25) is 0 Å². The third kappa shape index (κ3) is 3.07. The molecule has 0 aromatic carbocycles. The van der Waals surface area contributed by atoms with Crippen LogP contribution >= 0.6 is 0 Å². The van der Waals surface area contributed by atoms with E-state index in [0.29, 0.717) is 5.41 Å². The summed E-state index contributed by atoms with van der Waals surface area (Å²) in [6.07, 6.45) is 9.44. The number of nitrogens with zero attached hydrogens (tertiary/aromatic N) is 2. The number of nitrogens with two attached hydrogens (primary N) is 1. The second-order valence-corrected chi connectivity index (χ2v) is 6.95. The van der Waals surface area contributed by atoms with Gasteiger partial charge in [-0.2, -0.15) is 5.10 Å². The van der Waals surface area contributed by atoms with Gasteiger partial charge in [-0.05, 0) is 37.5 Å². The second kappa shape index (κ2) is 5.86. The van der Waals surface area contributed by atoms with E-state index in [2.05, 4.69) is 32.1 Å². The zero-order valence-electron chi connectivity index (χ0n) is 13.4. The van der Waals surface area contributed by atoms with Gasteiger partial charge in [-0.1, -0.05) is 20.8 Å². The summed E-state index contributed by atoms with van der Waals surface area (Å²) < 4.78 is 7.87. The van der Waals surface area contributed by atoms with Crippen molar-refractivity contribution >= 4 is 0 Å². The summed E-state index contributed by atoms with van der Waals surface area (Å²) in [5.41, 5.74) is 7.82. The molecule has 1 aromatic rings. The normalized spacial score (nSPS) is 22.6. The lowest BCUT2D eigenvalue weighted by molar-refractivity contribution is -0.0794. The highest BCUT2D eigenvalue weighted by Gasteiger charge is 2.43. The van der Waals surface area contributed by atoms with Crippen molar-refractivity contribution in [3.05, 3.63) is 18.0 Å². The number of aryl methyl sites for hydroxylation is 1. The first kappa shape index (κ1) is 15.5. The van der Waals surface area contributed by atoms with Crippen LogP contribution in [-0.2, 0) is 11.3 Å². The monoisotopic (exact) mass is 279 g/mol. The van der Waals surface area contributed by atoms with E-state index in [1.165, 1.54) is 0 Å². The van der Waals surface area contributed by atoms with Crippen LogP contribution in [0.25, 0.3) is 0 Å². The molecule has 0 saturated heterocycles. The van der Waals surface area contributed by atoms with Crippen LogP contribution < -0.4 is 5.73 Å². The molecule has 4 nitrogen and oxygen atoms in total. The molecule has 0 radical (unpaired) electrons. The molecule has 1 aromatic heterocycles. The van der Waals surface area contributed by atoms with E-state index < -0.39 is 0 Å². The highest BCUT2D eigenvalue weighted by Crippen LogP contribution is 2.46. The Morgan fingerprint density at radius 2 is 2.00 bits per heavy atom. The molecule has 0 spiro atoms. The van der Waals surface area contributed by atoms with Gasteiger partial charge in [0.05, 0.1) is 17.8 Å². The van der Waals surface area contributed by atoms with Gasteiger partial charge in [0.15, 0.2) is 0 Å². The fourth-order valence-electron chi connectivity index (χ4n) is 3.19. The zero-order chi connectivity index (χ0) is 14.8. The standard InChI is InChI=1S/C16H29N3O/c1-5-10-19-12-13(11-18-19)14(17)16(20-4)8-6-15(2,3)7-9-16/h11-12,14H,5-10,17H2,1-4H3. The molecule has 2 rings (SSSR count). The number of ether oxygens (including phenoxy) is 1. The van der Waals surface area contributed by atoms with E-state index in [9.17, 15) is 0 Å². The second-order valence-electron chi connectivity index (χ2n) is 6.95. The van der Waals surface area contributed by atoms with Gasteiger partial charge in [0.1, 0.15) is 0 Å². The Hall–Kier alpha value is -0.870. The lowest BCUT2D eigenvalue weighted by atomic mass is 9.68. The zero-order valence-corrected chi connectivity index (χ0v) is 13.4. The Morgan fingerprint density at radius 1 is 1.35 bits per heavy atom. The summed E-state index contributed by atoms with van der Waals surface area (Å²) in [6, 6.07) is -0.0887. The van der Waals surface area contributed by atoms with Crippen molar-refractivity contribution in [1.29, 1.82) is 0 Å². The Labute approximate surface area is 122 Å². The largest absolute Gasteiger partial charge is 0.376 e. The van der Waals surface area contributed by atoms with Crippen LogP contribution in [-0.4, -0.2) is 22.5 Å². The maximum Gasteiger partial charge on any atom is 0.0871 e. The van der Waals surface area contributed by atoms with Crippen LogP contribution in [0.5, 0.6) is 0 Å². The van der Waals surface area contributed by atoms with Crippen LogP contribution in [0.4, 0.5) is 0 Å². The Kier molecular flexibility index (Phi) is 4.55. The number of aromatic nitrogens is 2. The van der Waals surface area contributed by atoms with Gasteiger partial charge in [-0.3, -0.25) is 4.68 Å². The SMILES string of the molecule is CCCn1cc(C(N)C2(OC)CCC(C)(C)CC2)cn1. The summed E-state index contributed by atoms with van der Waals surface area (Å²) in [5, 5.41) is 4.40. The Balaban J connectivity index is 2.14. The maximum atomic E-state index is 6.53. The minimum absolute atomic E-state index is 0.0887. The van der Waals surface area contributed by atoms with Crippen molar-refractivity contribution in [2.75, 3.05) is 7.11 Å². The molecule has 114 valence electrons. The van der Waals surface area contributed by atoms with E-state index >= 15 is 0 Å². The first-order chi connectivity index (χ1) is 9.42. The molecular formula is C16H29N3O. The van der Waals surface area contributed by atoms with Gasteiger partial charge in [-0.15, -0.1) is 0 Å². The van der Waals surface area contributed by atoms with Gasteiger partial charge < -0.3 is 10.5 Å². The quantitative estimate of drug-likeness (QED) is 0.900. The van der Waals surface area contributed by atoms with Crippen molar-refractivity contribution in [2.24, 2.45) is 11.1 Å². The predicted octanol–water partition coefficient (Wildman–Crippen LogP) is 3.28. The van der Waals surface area contributed by atoms with E-state index in [1.807, 2.05) is 10.9 Å². The molecular weight excluding hydrogens is 250 g/mol. The van der Waals surface area contributed by atoms with Crippen molar-refractivity contribution in [2.45, 2.75) is 71.1 Å². The molecule has 0 bridgehead atoms. The topological polar surface area (TPSA) is 53.1 Å². The number of hydrogen-bond acceptors (Lipinski definition) is 3. The Bertz CT molecular complexity index is 429. The van der Waals surface area contributed by atoms with Crippen molar-refractivity contribution in [3.8, 4) is 0 Å². The molecule has 1 saturated carbocycles. The van der Waals surface area contributed by atoms with Gasteiger partial charge in [0.25, 0.3) is 0 Å². The molecule has 2 N–H and O–H groups in total. The van der Waals surface area contributed by atoms with Gasteiger partial charge in [-0.25, -0.2) is 0 Å². The molecule has 20 heavy (non-hydrogen) atoms. The fourth-order valence-corrected chi connectivity index (χ4v) is 3.19. The molecule has 0 aliphatic heterocycles. The molecule has 1 fully saturated rings. The minimum Gasteiger partial charge on any atom is -0.376 e. The van der Waals surface area contributed by atoms with E-state index in [1.54, 1.807) is 7.11 Å². The van der Waals surface area contributed by atoms with Crippen molar-refractivity contribution in [3.63, 3.8) is 0 Å².